The topological polar surface area (TPSA) is 20.3 Å². The summed E-state index contributed by atoms with van der Waals surface area (Å²) in [7, 11) is 2.25. The summed E-state index contributed by atoms with van der Waals surface area (Å²) in [6, 6.07) is 10.8. The second-order valence-corrected chi connectivity index (χ2v) is 8.84. The fraction of sp³-hybridized carbons (Fsp3) is 0.577. The summed E-state index contributed by atoms with van der Waals surface area (Å²) in [5.74, 6) is 1.12. The van der Waals surface area contributed by atoms with Crippen LogP contribution < -0.4 is 0 Å². The van der Waals surface area contributed by atoms with E-state index in [9.17, 15) is 4.79 Å². The number of carbonyl (C=O) groups is 1. The van der Waals surface area contributed by atoms with Gasteiger partial charge < -0.3 is 9.69 Å². The third-order valence-corrected chi connectivity index (χ3v) is 7.04. The average molecular weight is 380 g/mol. The fourth-order valence-corrected chi connectivity index (χ4v) is 5.42. The summed E-state index contributed by atoms with van der Waals surface area (Å²) >= 11 is 0. The van der Waals surface area contributed by atoms with Gasteiger partial charge in [-0.05, 0) is 68.5 Å². The number of hydrogen-bond acceptors (Lipinski definition) is 2. The van der Waals surface area contributed by atoms with Crippen LogP contribution in [0.3, 0.4) is 0 Å². The third-order valence-electron chi connectivity index (χ3n) is 7.04. The first-order valence-electron chi connectivity index (χ1n) is 11.3. The highest BCUT2D eigenvalue weighted by molar-refractivity contribution is 5.51. The number of likely N-dealkylation sites (N-methyl/N-ethyl adjacent to an activating group) is 1. The summed E-state index contributed by atoms with van der Waals surface area (Å²) in [6.45, 7) is 2.24. The van der Waals surface area contributed by atoms with Gasteiger partial charge in [-0.3, -0.25) is 0 Å². The molecule has 28 heavy (non-hydrogen) atoms. The Kier molecular flexibility index (Phi) is 8.09. The van der Waals surface area contributed by atoms with Gasteiger partial charge in [0.2, 0.25) is 0 Å². The molecule has 1 saturated carbocycles. The molecule has 0 aliphatic heterocycles. The van der Waals surface area contributed by atoms with Gasteiger partial charge in [-0.1, -0.05) is 73.9 Å². The van der Waals surface area contributed by atoms with E-state index in [4.69, 9.17) is 0 Å². The lowest BCUT2D eigenvalue weighted by Gasteiger charge is -2.46. The van der Waals surface area contributed by atoms with Crippen molar-refractivity contribution in [3.8, 4) is 0 Å². The maximum Gasteiger partial charge on any atom is 0.120 e. The Labute approximate surface area is 171 Å². The van der Waals surface area contributed by atoms with Crippen LogP contribution in [0.4, 0.5) is 0 Å². The van der Waals surface area contributed by atoms with E-state index >= 15 is 0 Å². The van der Waals surface area contributed by atoms with Crippen molar-refractivity contribution in [2.45, 2.75) is 57.8 Å². The molecular weight excluding hydrogens is 342 g/mol. The standard InChI is InChI=1S/C26H37NO/c1-27(21-16-23-11-4-2-5-12-23)20-10-19-26(24-13-6-3-7-14-24)18-9-8-15-25(26)17-22-28/h2,4-5,8-9,11-12,15,18,22,24-25H,3,6-7,10,13-14,16-17,19-21H2,1H3. The van der Waals surface area contributed by atoms with Crippen molar-refractivity contribution in [1.29, 1.82) is 0 Å². The van der Waals surface area contributed by atoms with Crippen LogP contribution in [0, 0.1) is 17.3 Å². The first-order chi connectivity index (χ1) is 13.7. The SMILES string of the molecule is CN(CCCC1(C2CCCCC2)C=CC=CC1CC=O)CCc1ccccc1. The van der Waals surface area contributed by atoms with Crippen molar-refractivity contribution < 1.29 is 4.79 Å². The molecule has 0 saturated heterocycles. The molecule has 2 aliphatic carbocycles. The second kappa shape index (κ2) is 10.8. The van der Waals surface area contributed by atoms with Crippen LogP contribution in [0.5, 0.6) is 0 Å². The lowest BCUT2D eigenvalue weighted by molar-refractivity contribution is -0.109. The second-order valence-electron chi connectivity index (χ2n) is 8.84. The van der Waals surface area contributed by atoms with Crippen LogP contribution in [-0.2, 0) is 11.2 Å². The van der Waals surface area contributed by atoms with Gasteiger partial charge in [0.05, 0.1) is 0 Å². The zero-order valence-electron chi connectivity index (χ0n) is 17.6. The van der Waals surface area contributed by atoms with E-state index in [1.807, 2.05) is 0 Å². The molecule has 2 atom stereocenters. The molecule has 0 heterocycles. The van der Waals surface area contributed by atoms with Crippen LogP contribution in [0.1, 0.15) is 56.9 Å². The molecule has 3 rings (SSSR count). The number of hydrogen-bond donors (Lipinski definition) is 0. The Morgan fingerprint density at radius 3 is 2.61 bits per heavy atom. The lowest BCUT2D eigenvalue weighted by atomic mass is 9.58. The van der Waals surface area contributed by atoms with Gasteiger partial charge in [0.25, 0.3) is 0 Å². The van der Waals surface area contributed by atoms with Crippen LogP contribution in [0.15, 0.2) is 54.6 Å². The molecule has 2 unspecified atom stereocenters. The molecular formula is C26H37NO. The van der Waals surface area contributed by atoms with Crippen molar-refractivity contribution >= 4 is 6.29 Å². The first kappa shape index (κ1) is 21.0. The number of benzene rings is 1. The predicted octanol–water partition coefficient (Wildman–Crippen LogP) is 5.84. The van der Waals surface area contributed by atoms with E-state index < -0.39 is 0 Å². The minimum absolute atomic E-state index is 0.191. The summed E-state index contributed by atoms with van der Waals surface area (Å²) in [4.78, 5) is 13.9. The predicted molar refractivity (Wildman–Crippen MR) is 118 cm³/mol. The van der Waals surface area contributed by atoms with Gasteiger partial charge in [0.15, 0.2) is 0 Å². The van der Waals surface area contributed by atoms with E-state index in [0.717, 1.165) is 31.7 Å². The maximum absolute atomic E-state index is 11.4. The molecule has 1 fully saturated rings. The largest absolute Gasteiger partial charge is 0.306 e. The third kappa shape index (κ3) is 5.44. The number of rotatable bonds is 10. The molecule has 2 aliphatic rings. The molecule has 0 aromatic heterocycles. The van der Waals surface area contributed by atoms with Crippen LogP contribution in [0.25, 0.3) is 0 Å². The van der Waals surface area contributed by atoms with Crippen molar-refractivity contribution in [2.24, 2.45) is 17.3 Å². The number of allylic oxidation sites excluding steroid dienone is 4. The Morgan fingerprint density at radius 2 is 1.86 bits per heavy atom. The van der Waals surface area contributed by atoms with Gasteiger partial charge in [-0.25, -0.2) is 0 Å². The monoisotopic (exact) mass is 379 g/mol. The molecule has 152 valence electrons. The average Bonchev–Trinajstić information content (AvgIpc) is 2.75. The summed E-state index contributed by atoms with van der Waals surface area (Å²) in [5, 5.41) is 0. The fourth-order valence-electron chi connectivity index (χ4n) is 5.42. The summed E-state index contributed by atoms with van der Waals surface area (Å²) < 4.78 is 0. The zero-order valence-corrected chi connectivity index (χ0v) is 17.6. The highest BCUT2D eigenvalue weighted by atomic mass is 16.1. The molecule has 2 heteroatoms. The molecule has 0 radical (unpaired) electrons. The molecule has 0 spiro atoms. The van der Waals surface area contributed by atoms with Crippen LogP contribution in [0.2, 0.25) is 0 Å². The van der Waals surface area contributed by atoms with Crippen molar-refractivity contribution in [1.82, 2.24) is 4.90 Å². The first-order valence-corrected chi connectivity index (χ1v) is 11.3. The lowest BCUT2D eigenvalue weighted by Crippen LogP contribution is -2.39. The normalized spacial score (nSPS) is 25.3. The van der Waals surface area contributed by atoms with E-state index in [1.54, 1.807) is 0 Å². The number of aldehydes is 1. The Hall–Kier alpha value is -1.67. The molecule has 0 bridgehead atoms. The molecule has 1 aromatic carbocycles. The Bertz CT molecular complexity index is 644. The Morgan fingerprint density at radius 1 is 1.07 bits per heavy atom. The van der Waals surface area contributed by atoms with E-state index in [-0.39, 0.29) is 5.41 Å². The van der Waals surface area contributed by atoms with Crippen molar-refractivity contribution in [2.75, 3.05) is 20.1 Å². The minimum Gasteiger partial charge on any atom is -0.306 e. The molecule has 0 amide bonds. The van der Waals surface area contributed by atoms with Crippen molar-refractivity contribution in [3.05, 3.63) is 60.2 Å². The molecule has 0 N–H and O–H groups in total. The zero-order chi connectivity index (χ0) is 19.7. The van der Waals surface area contributed by atoms with E-state index in [1.165, 1.54) is 50.5 Å². The summed E-state index contributed by atoms with van der Waals surface area (Å²) in [6.07, 6.45) is 21.3. The quantitative estimate of drug-likeness (QED) is 0.476. The smallest absolute Gasteiger partial charge is 0.120 e. The number of nitrogens with zero attached hydrogens (tertiary/aromatic N) is 1. The van der Waals surface area contributed by atoms with Gasteiger partial charge in [0.1, 0.15) is 6.29 Å². The van der Waals surface area contributed by atoms with E-state index in [0.29, 0.717) is 12.3 Å². The Balaban J connectivity index is 1.57. The van der Waals surface area contributed by atoms with Gasteiger partial charge >= 0.3 is 0 Å². The minimum atomic E-state index is 0.191. The highest BCUT2D eigenvalue weighted by Gasteiger charge is 2.42. The van der Waals surface area contributed by atoms with Crippen molar-refractivity contribution in [3.63, 3.8) is 0 Å². The van der Waals surface area contributed by atoms with Crippen LogP contribution in [-0.4, -0.2) is 31.3 Å². The van der Waals surface area contributed by atoms with E-state index in [2.05, 4.69) is 66.6 Å². The van der Waals surface area contributed by atoms with Crippen LogP contribution >= 0.6 is 0 Å². The molecule has 2 nitrogen and oxygen atoms in total. The summed E-state index contributed by atoms with van der Waals surface area (Å²) in [5.41, 5.74) is 1.61. The van der Waals surface area contributed by atoms with Gasteiger partial charge in [0, 0.05) is 13.0 Å². The molecule has 1 aromatic rings. The van der Waals surface area contributed by atoms with Gasteiger partial charge in [-0.15, -0.1) is 0 Å². The maximum atomic E-state index is 11.4. The number of carbonyl (C=O) groups excluding carboxylic acids is 1. The highest BCUT2D eigenvalue weighted by Crippen LogP contribution is 2.51. The van der Waals surface area contributed by atoms with Gasteiger partial charge in [-0.2, -0.15) is 0 Å².